The highest BCUT2D eigenvalue weighted by Crippen LogP contribution is 2.24. The molecule has 4 aromatic rings. The number of hydrogen-bond donors (Lipinski definition) is 1. The summed E-state index contributed by atoms with van der Waals surface area (Å²) in [5.41, 5.74) is 1.78. The van der Waals surface area contributed by atoms with Crippen LogP contribution < -0.4 is 4.72 Å². The van der Waals surface area contributed by atoms with Gasteiger partial charge in [-0.25, -0.2) is 21.9 Å². The van der Waals surface area contributed by atoms with Gasteiger partial charge in [-0.15, -0.1) is 0 Å². The van der Waals surface area contributed by atoms with E-state index in [1.165, 1.54) is 24.3 Å². The van der Waals surface area contributed by atoms with E-state index in [1.807, 2.05) is 0 Å². The molecule has 0 aliphatic rings. The van der Waals surface area contributed by atoms with Gasteiger partial charge in [0.1, 0.15) is 11.6 Å². The van der Waals surface area contributed by atoms with E-state index in [1.54, 1.807) is 41.2 Å². The van der Waals surface area contributed by atoms with E-state index < -0.39 is 15.8 Å². The molecule has 1 N–H and O–H groups in total. The van der Waals surface area contributed by atoms with Gasteiger partial charge in [0.05, 0.1) is 22.3 Å². The Morgan fingerprint density at radius 2 is 1.48 bits per heavy atom. The van der Waals surface area contributed by atoms with Gasteiger partial charge in [-0.3, -0.25) is 4.72 Å². The second kappa shape index (κ2) is 6.48. The summed E-state index contributed by atoms with van der Waals surface area (Å²) in [6, 6.07) is 15.4. The lowest BCUT2D eigenvalue weighted by atomic mass is 10.2. The monoisotopic (exact) mass is 385 g/mol. The Labute approximate surface area is 153 Å². The number of nitrogens with one attached hydrogen (secondary N) is 1. The van der Waals surface area contributed by atoms with Crippen molar-refractivity contribution in [2.75, 3.05) is 4.72 Å². The fourth-order valence-electron chi connectivity index (χ4n) is 2.71. The number of rotatable bonds is 4. The first-order chi connectivity index (χ1) is 12.9. The fourth-order valence-corrected chi connectivity index (χ4v) is 3.76. The van der Waals surface area contributed by atoms with Crippen LogP contribution in [0.4, 0.5) is 14.5 Å². The minimum atomic E-state index is -3.83. The summed E-state index contributed by atoms with van der Waals surface area (Å²) < 4.78 is 55.0. The van der Waals surface area contributed by atoms with Gasteiger partial charge in [0, 0.05) is 11.1 Å². The van der Waals surface area contributed by atoms with Gasteiger partial charge in [0.25, 0.3) is 10.0 Å². The van der Waals surface area contributed by atoms with Gasteiger partial charge in [0.2, 0.25) is 0 Å². The minimum absolute atomic E-state index is 0.0361. The molecule has 0 amide bonds. The quantitative estimate of drug-likeness (QED) is 0.575. The molecule has 0 aliphatic heterocycles. The van der Waals surface area contributed by atoms with Gasteiger partial charge >= 0.3 is 0 Å². The maximum atomic E-state index is 13.1. The van der Waals surface area contributed by atoms with Crippen LogP contribution in [0.1, 0.15) is 0 Å². The maximum absolute atomic E-state index is 13.1. The van der Waals surface area contributed by atoms with Crippen molar-refractivity contribution < 1.29 is 17.2 Å². The molecule has 0 radical (unpaired) electrons. The lowest BCUT2D eigenvalue weighted by Crippen LogP contribution is -2.12. The average molecular weight is 385 g/mol. The van der Waals surface area contributed by atoms with Gasteiger partial charge in [0.15, 0.2) is 0 Å². The zero-order valence-corrected chi connectivity index (χ0v) is 14.6. The zero-order chi connectivity index (χ0) is 19.0. The molecular formula is C19H13F2N3O2S. The molecule has 1 heterocycles. The normalized spacial score (nSPS) is 11.6. The highest BCUT2D eigenvalue weighted by atomic mass is 32.2. The Morgan fingerprint density at radius 1 is 0.852 bits per heavy atom. The Balaban J connectivity index is 1.66. The number of sulfonamides is 1. The Hall–Kier alpha value is -3.26. The molecule has 4 rings (SSSR count). The molecule has 0 unspecified atom stereocenters. The van der Waals surface area contributed by atoms with Crippen LogP contribution in [0.25, 0.3) is 16.6 Å². The highest BCUT2D eigenvalue weighted by molar-refractivity contribution is 7.92. The second-order valence-corrected chi connectivity index (χ2v) is 7.55. The van der Waals surface area contributed by atoms with Crippen LogP contribution in [0.2, 0.25) is 0 Å². The van der Waals surface area contributed by atoms with Crippen molar-refractivity contribution in [1.29, 1.82) is 0 Å². The predicted molar refractivity (Wildman–Crippen MR) is 98.2 cm³/mol. The molecule has 0 aliphatic carbocycles. The van der Waals surface area contributed by atoms with Crippen LogP contribution >= 0.6 is 0 Å². The number of fused-ring (bicyclic) bond motifs is 1. The molecule has 27 heavy (non-hydrogen) atoms. The van der Waals surface area contributed by atoms with Crippen LogP contribution in [0.15, 0.2) is 77.8 Å². The third-order valence-electron chi connectivity index (χ3n) is 4.02. The van der Waals surface area contributed by atoms with Crippen LogP contribution in [-0.2, 0) is 10.0 Å². The molecule has 0 saturated carbocycles. The van der Waals surface area contributed by atoms with E-state index in [0.29, 0.717) is 16.8 Å². The minimum Gasteiger partial charge on any atom is -0.280 e. The Bertz CT molecular complexity index is 1220. The molecule has 0 bridgehead atoms. The summed E-state index contributed by atoms with van der Waals surface area (Å²) in [4.78, 5) is -0.0361. The molecule has 0 saturated heterocycles. The van der Waals surface area contributed by atoms with E-state index in [0.717, 1.165) is 17.6 Å². The van der Waals surface area contributed by atoms with Crippen molar-refractivity contribution in [3.8, 4) is 5.69 Å². The molecule has 0 fully saturated rings. The lowest BCUT2D eigenvalue weighted by molar-refractivity contribution is 0.599. The van der Waals surface area contributed by atoms with Crippen molar-refractivity contribution in [3.63, 3.8) is 0 Å². The van der Waals surface area contributed by atoms with Crippen molar-refractivity contribution >= 4 is 26.6 Å². The number of nitrogens with zero attached hydrogens (tertiary/aromatic N) is 2. The third-order valence-corrected chi connectivity index (χ3v) is 5.41. The summed E-state index contributed by atoms with van der Waals surface area (Å²) >= 11 is 0. The van der Waals surface area contributed by atoms with E-state index in [4.69, 9.17) is 0 Å². The third kappa shape index (κ3) is 3.39. The Kier molecular flexibility index (Phi) is 4.12. The highest BCUT2D eigenvalue weighted by Gasteiger charge is 2.15. The summed E-state index contributed by atoms with van der Waals surface area (Å²) in [5.74, 6) is -0.851. The molecule has 3 aromatic carbocycles. The SMILES string of the molecule is O=S(=O)(Nc1ccc2c(cnn2-c2ccc(F)cc2)c1)c1ccc(F)cc1. The predicted octanol–water partition coefficient (Wildman–Crippen LogP) is 4.10. The molecule has 0 atom stereocenters. The van der Waals surface area contributed by atoms with Crippen LogP contribution in [0.5, 0.6) is 0 Å². The zero-order valence-electron chi connectivity index (χ0n) is 13.8. The van der Waals surface area contributed by atoms with Gasteiger partial charge in [-0.2, -0.15) is 5.10 Å². The summed E-state index contributed by atoms with van der Waals surface area (Å²) in [7, 11) is -3.83. The summed E-state index contributed by atoms with van der Waals surface area (Å²) in [6.07, 6.45) is 1.59. The number of halogens is 2. The first-order valence-corrected chi connectivity index (χ1v) is 9.43. The van der Waals surface area contributed by atoms with Crippen LogP contribution in [0, 0.1) is 11.6 Å². The van der Waals surface area contributed by atoms with E-state index in [2.05, 4.69) is 9.82 Å². The van der Waals surface area contributed by atoms with E-state index in [-0.39, 0.29) is 10.7 Å². The lowest BCUT2D eigenvalue weighted by Gasteiger charge is -2.09. The first-order valence-electron chi connectivity index (χ1n) is 7.94. The number of hydrogen-bond acceptors (Lipinski definition) is 3. The molecule has 0 spiro atoms. The van der Waals surface area contributed by atoms with Crippen molar-refractivity contribution in [3.05, 3.63) is 84.6 Å². The van der Waals surface area contributed by atoms with Crippen molar-refractivity contribution in [1.82, 2.24) is 9.78 Å². The molecule has 1 aromatic heterocycles. The number of aromatic nitrogens is 2. The van der Waals surface area contributed by atoms with E-state index in [9.17, 15) is 17.2 Å². The summed E-state index contributed by atoms with van der Waals surface area (Å²) in [5, 5.41) is 4.98. The molecule has 136 valence electrons. The van der Waals surface area contributed by atoms with E-state index >= 15 is 0 Å². The first kappa shape index (κ1) is 17.2. The number of anilines is 1. The fraction of sp³-hybridized carbons (Fsp3) is 0. The van der Waals surface area contributed by atoms with Gasteiger partial charge in [-0.1, -0.05) is 0 Å². The van der Waals surface area contributed by atoms with Gasteiger partial charge < -0.3 is 0 Å². The van der Waals surface area contributed by atoms with Crippen molar-refractivity contribution in [2.45, 2.75) is 4.90 Å². The average Bonchev–Trinajstić information content (AvgIpc) is 3.05. The molecule has 5 nitrogen and oxygen atoms in total. The van der Waals surface area contributed by atoms with Crippen LogP contribution in [-0.4, -0.2) is 18.2 Å². The smallest absolute Gasteiger partial charge is 0.261 e. The topological polar surface area (TPSA) is 64.0 Å². The maximum Gasteiger partial charge on any atom is 0.261 e. The summed E-state index contributed by atoms with van der Waals surface area (Å²) in [6.45, 7) is 0. The second-order valence-electron chi connectivity index (χ2n) is 5.87. The number of benzene rings is 3. The standard InChI is InChI=1S/C19H13F2N3O2S/c20-14-1-6-17(7-2-14)24-19-10-5-16(11-13(19)12-22-24)23-27(25,26)18-8-3-15(21)4-9-18/h1-12,23H. The Morgan fingerprint density at radius 3 is 2.15 bits per heavy atom. The molecular weight excluding hydrogens is 372 g/mol. The van der Waals surface area contributed by atoms with Crippen molar-refractivity contribution in [2.24, 2.45) is 0 Å². The van der Waals surface area contributed by atoms with Crippen LogP contribution in [0.3, 0.4) is 0 Å². The van der Waals surface area contributed by atoms with Gasteiger partial charge in [-0.05, 0) is 66.7 Å². The molecule has 8 heteroatoms. The largest absolute Gasteiger partial charge is 0.280 e.